The first kappa shape index (κ1) is 15.4. The van der Waals surface area contributed by atoms with E-state index in [2.05, 4.69) is 5.32 Å². The van der Waals surface area contributed by atoms with Gasteiger partial charge in [-0.25, -0.2) is 0 Å². The number of hydrogen-bond acceptors (Lipinski definition) is 4. The minimum Gasteiger partial charge on any atom is -0.379 e. The molecule has 1 N–H and O–H groups in total. The average molecular weight is 259 g/mol. The predicted molar refractivity (Wildman–Crippen MR) is 68.4 cm³/mol. The fourth-order valence-electron chi connectivity index (χ4n) is 2.71. The van der Waals surface area contributed by atoms with E-state index in [1.165, 1.54) is 6.92 Å². The maximum Gasteiger partial charge on any atom is 0.216 e. The summed E-state index contributed by atoms with van der Waals surface area (Å²) in [6.07, 6.45) is 2.99. The first-order chi connectivity index (χ1) is 8.62. The van der Waals surface area contributed by atoms with Crippen LogP contribution in [0, 0.1) is 5.92 Å². The Morgan fingerprint density at radius 2 is 1.67 bits per heavy atom. The smallest absolute Gasteiger partial charge is 0.216 e. The third-order valence-electron chi connectivity index (χ3n) is 3.67. The van der Waals surface area contributed by atoms with Crippen LogP contribution in [0.1, 0.15) is 26.2 Å². The highest BCUT2D eigenvalue weighted by atomic mass is 16.6. The van der Waals surface area contributed by atoms with Crippen LogP contribution < -0.4 is 5.32 Å². The Morgan fingerprint density at radius 1 is 1.11 bits per heavy atom. The summed E-state index contributed by atoms with van der Waals surface area (Å²) in [5.41, 5.74) is 0. The van der Waals surface area contributed by atoms with E-state index in [1.807, 2.05) is 0 Å². The lowest BCUT2D eigenvalue weighted by Gasteiger charge is -2.39. The minimum atomic E-state index is -0.00276. The summed E-state index contributed by atoms with van der Waals surface area (Å²) in [5.74, 6) is 0.519. The molecule has 0 heterocycles. The molecule has 2 unspecified atom stereocenters. The largest absolute Gasteiger partial charge is 0.379 e. The Bertz CT molecular complexity index is 245. The van der Waals surface area contributed by atoms with Crippen molar-refractivity contribution in [3.8, 4) is 0 Å². The van der Waals surface area contributed by atoms with E-state index in [1.54, 1.807) is 21.3 Å². The van der Waals surface area contributed by atoms with Crippen LogP contribution in [0.3, 0.4) is 0 Å². The number of carbonyl (C=O) groups excluding carboxylic acids is 1. The molecule has 1 aliphatic rings. The summed E-state index contributed by atoms with van der Waals surface area (Å²) in [6.45, 7) is 2.25. The second-order valence-corrected chi connectivity index (χ2v) is 4.86. The van der Waals surface area contributed by atoms with Crippen molar-refractivity contribution in [2.24, 2.45) is 5.92 Å². The molecule has 0 aliphatic heterocycles. The van der Waals surface area contributed by atoms with Crippen LogP contribution in [0.15, 0.2) is 0 Å². The summed E-state index contributed by atoms with van der Waals surface area (Å²) in [4.78, 5) is 10.8. The molecule has 1 fully saturated rings. The highest BCUT2D eigenvalue weighted by Crippen LogP contribution is 2.31. The van der Waals surface area contributed by atoms with Crippen LogP contribution in [-0.4, -0.2) is 52.1 Å². The first-order valence-corrected chi connectivity index (χ1v) is 6.45. The number of hydrogen-bond donors (Lipinski definition) is 1. The van der Waals surface area contributed by atoms with Crippen LogP contribution in [0.4, 0.5) is 0 Å². The average Bonchev–Trinajstić information content (AvgIpc) is 2.36. The van der Waals surface area contributed by atoms with Crippen molar-refractivity contribution >= 4 is 5.91 Å². The van der Waals surface area contributed by atoms with Gasteiger partial charge in [0.1, 0.15) is 6.10 Å². The van der Waals surface area contributed by atoms with Gasteiger partial charge in [-0.2, -0.15) is 0 Å². The Kier molecular flexibility index (Phi) is 6.60. The topological polar surface area (TPSA) is 56.8 Å². The van der Waals surface area contributed by atoms with Crippen molar-refractivity contribution in [3.05, 3.63) is 0 Å². The van der Waals surface area contributed by atoms with Gasteiger partial charge < -0.3 is 19.5 Å². The Hall–Kier alpha value is -0.650. The molecular weight excluding hydrogens is 234 g/mol. The van der Waals surface area contributed by atoms with Gasteiger partial charge in [-0.15, -0.1) is 0 Å². The Balaban J connectivity index is 2.49. The Labute approximate surface area is 109 Å². The lowest BCUT2D eigenvalue weighted by Crippen LogP contribution is -2.47. The highest BCUT2D eigenvalue weighted by molar-refractivity contribution is 5.72. The van der Waals surface area contributed by atoms with Gasteiger partial charge in [-0.3, -0.25) is 4.79 Å². The lowest BCUT2D eigenvalue weighted by molar-refractivity contribution is -0.141. The molecule has 1 saturated carbocycles. The monoisotopic (exact) mass is 259 g/mol. The van der Waals surface area contributed by atoms with Gasteiger partial charge in [0.2, 0.25) is 5.91 Å². The maximum atomic E-state index is 10.8. The molecule has 0 aromatic rings. The summed E-state index contributed by atoms with van der Waals surface area (Å²) >= 11 is 0. The maximum absolute atomic E-state index is 10.8. The summed E-state index contributed by atoms with van der Waals surface area (Å²) in [7, 11) is 5.11. The van der Waals surface area contributed by atoms with Gasteiger partial charge in [0.05, 0.1) is 12.2 Å². The fraction of sp³-hybridized carbons (Fsp3) is 0.923. The molecule has 5 nitrogen and oxygen atoms in total. The van der Waals surface area contributed by atoms with Crippen molar-refractivity contribution in [2.75, 3.05) is 27.9 Å². The van der Waals surface area contributed by atoms with Crippen LogP contribution in [0.2, 0.25) is 0 Å². The van der Waals surface area contributed by atoms with Gasteiger partial charge >= 0.3 is 0 Å². The molecule has 0 bridgehead atoms. The predicted octanol–water partition coefficient (Wildman–Crippen LogP) is 0.968. The molecule has 1 aliphatic carbocycles. The van der Waals surface area contributed by atoms with E-state index in [-0.39, 0.29) is 24.2 Å². The van der Waals surface area contributed by atoms with E-state index < -0.39 is 0 Å². The fourth-order valence-corrected chi connectivity index (χ4v) is 2.71. The molecule has 0 aromatic carbocycles. The molecule has 0 saturated heterocycles. The lowest BCUT2D eigenvalue weighted by atomic mass is 9.81. The van der Waals surface area contributed by atoms with E-state index in [0.29, 0.717) is 12.5 Å². The van der Waals surface area contributed by atoms with Gasteiger partial charge in [0.15, 0.2) is 0 Å². The standard InChI is InChI=1S/C13H25NO4/c1-9(15)14-6-5-10-7-11(16-2)13(18-4)12(8-10)17-3/h10-13H,5-8H2,1-4H3,(H,14,15). The molecular formula is C13H25NO4. The molecule has 18 heavy (non-hydrogen) atoms. The van der Waals surface area contributed by atoms with Gasteiger partial charge in [0, 0.05) is 34.8 Å². The zero-order valence-corrected chi connectivity index (χ0v) is 11.8. The number of carbonyl (C=O) groups is 1. The van der Waals surface area contributed by atoms with E-state index in [0.717, 1.165) is 19.3 Å². The number of ether oxygens (including phenoxy) is 3. The highest BCUT2D eigenvalue weighted by Gasteiger charge is 2.38. The number of amides is 1. The Morgan fingerprint density at radius 3 is 2.06 bits per heavy atom. The second kappa shape index (κ2) is 7.71. The third kappa shape index (κ3) is 4.23. The van der Waals surface area contributed by atoms with Crippen molar-refractivity contribution in [3.63, 3.8) is 0 Å². The molecule has 0 aromatic heterocycles. The number of rotatable bonds is 6. The van der Waals surface area contributed by atoms with Crippen molar-refractivity contribution in [1.29, 1.82) is 0 Å². The van der Waals surface area contributed by atoms with Crippen molar-refractivity contribution in [1.82, 2.24) is 5.32 Å². The molecule has 0 spiro atoms. The number of nitrogens with one attached hydrogen (secondary N) is 1. The van der Waals surface area contributed by atoms with E-state index in [4.69, 9.17) is 14.2 Å². The SMILES string of the molecule is COC1CC(CCNC(C)=O)CC(OC)C1OC. The van der Waals surface area contributed by atoms with E-state index in [9.17, 15) is 4.79 Å². The van der Waals surface area contributed by atoms with Crippen molar-refractivity contribution < 1.29 is 19.0 Å². The minimum absolute atomic E-state index is 0.00276. The van der Waals surface area contributed by atoms with Gasteiger partial charge in [-0.1, -0.05) is 0 Å². The molecule has 1 amide bonds. The molecule has 2 atom stereocenters. The molecule has 1 rings (SSSR count). The van der Waals surface area contributed by atoms with Crippen LogP contribution in [-0.2, 0) is 19.0 Å². The molecule has 106 valence electrons. The van der Waals surface area contributed by atoms with Gasteiger partial charge in [-0.05, 0) is 25.2 Å². The van der Waals surface area contributed by atoms with Crippen molar-refractivity contribution in [2.45, 2.75) is 44.5 Å². The normalized spacial score (nSPS) is 32.2. The zero-order valence-electron chi connectivity index (χ0n) is 11.8. The first-order valence-electron chi connectivity index (χ1n) is 6.45. The third-order valence-corrected chi connectivity index (χ3v) is 3.67. The summed E-state index contributed by atoms with van der Waals surface area (Å²) in [5, 5.41) is 2.83. The summed E-state index contributed by atoms with van der Waals surface area (Å²) < 4.78 is 16.5. The number of methoxy groups -OCH3 is 3. The second-order valence-electron chi connectivity index (χ2n) is 4.86. The molecule has 0 radical (unpaired) electrons. The van der Waals surface area contributed by atoms with Crippen LogP contribution in [0.25, 0.3) is 0 Å². The quantitative estimate of drug-likeness (QED) is 0.772. The summed E-state index contributed by atoms with van der Waals surface area (Å²) in [6, 6.07) is 0. The molecule has 5 heteroatoms. The van der Waals surface area contributed by atoms with E-state index >= 15 is 0 Å². The van der Waals surface area contributed by atoms with Crippen LogP contribution >= 0.6 is 0 Å². The van der Waals surface area contributed by atoms with Gasteiger partial charge in [0.25, 0.3) is 0 Å². The van der Waals surface area contributed by atoms with Crippen LogP contribution in [0.5, 0.6) is 0 Å². The zero-order chi connectivity index (χ0) is 13.5.